The summed E-state index contributed by atoms with van der Waals surface area (Å²) in [5.74, 6) is -3.31. The van der Waals surface area contributed by atoms with Crippen LogP contribution in [0.3, 0.4) is 0 Å². The van der Waals surface area contributed by atoms with Crippen LogP contribution in [0, 0.1) is 11.3 Å². The van der Waals surface area contributed by atoms with Crippen molar-refractivity contribution in [3.8, 4) is 6.07 Å². The normalized spacial score (nSPS) is 20.6. The molecule has 138 valence electrons. The average Bonchev–Trinajstić information content (AvgIpc) is 2.76. The number of rotatable bonds is 2. The Kier molecular flexibility index (Phi) is 4.49. The van der Waals surface area contributed by atoms with Gasteiger partial charge in [-0.2, -0.15) is 31.6 Å². The van der Waals surface area contributed by atoms with Gasteiger partial charge in [0.05, 0.1) is 17.2 Å². The Morgan fingerprint density at radius 3 is 2.35 bits per heavy atom. The summed E-state index contributed by atoms with van der Waals surface area (Å²) in [5, 5.41) is 12.2. The number of alkyl halides is 6. The Morgan fingerprint density at radius 1 is 1.23 bits per heavy atom. The van der Waals surface area contributed by atoms with Crippen LogP contribution in [0.5, 0.6) is 0 Å². The number of benzene rings is 1. The van der Waals surface area contributed by atoms with E-state index in [2.05, 4.69) is 0 Å². The Morgan fingerprint density at radius 2 is 1.85 bits per heavy atom. The van der Waals surface area contributed by atoms with Crippen LogP contribution in [0.1, 0.15) is 22.8 Å². The molecular formula is C15H9F6N3O2. The molecule has 26 heavy (non-hydrogen) atoms. The second kappa shape index (κ2) is 6.05. The standard InChI is InChI=1S/C15H9F6N3O2/c1-7-10(6-22)13(12(26)23-7,15(19,20)21)24-11(25)8-3-2-4-9(5-8)14(16,17)18/h2-5H,1H3,(H,23,26)(H,24,25). The van der Waals surface area contributed by atoms with Gasteiger partial charge in [-0.1, -0.05) is 6.07 Å². The maximum absolute atomic E-state index is 13.6. The second-order valence-electron chi connectivity index (χ2n) is 5.35. The van der Waals surface area contributed by atoms with Crippen molar-refractivity contribution in [1.82, 2.24) is 10.6 Å². The molecule has 0 spiro atoms. The molecule has 0 radical (unpaired) electrons. The van der Waals surface area contributed by atoms with Crippen molar-refractivity contribution < 1.29 is 35.9 Å². The van der Waals surface area contributed by atoms with Gasteiger partial charge >= 0.3 is 12.4 Å². The summed E-state index contributed by atoms with van der Waals surface area (Å²) in [6, 6.07) is 3.87. The summed E-state index contributed by atoms with van der Waals surface area (Å²) in [7, 11) is 0. The summed E-state index contributed by atoms with van der Waals surface area (Å²) < 4.78 is 78.9. The van der Waals surface area contributed by atoms with Crippen molar-refractivity contribution >= 4 is 11.8 Å². The molecule has 0 saturated heterocycles. The molecule has 2 rings (SSSR count). The lowest BCUT2D eigenvalue weighted by Crippen LogP contribution is -2.64. The number of nitrogens with zero attached hydrogens (tertiary/aromatic N) is 1. The zero-order valence-corrected chi connectivity index (χ0v) is 12.8. The van der Waals surface area contributed by atoms with Gasteiger partial charge in [-0.15, -0.1) is 0 Å². The number of carbonyl (C=O) groups excluding carboxylic acids is 2. The van der Waals surface area contributed by atoms with Crippen molar-refractivity contribution in [2.24, 2.45) is 0 Å². The molecule has 5 nitrogen and oxygen atoms in total. The van der Waals surface area contributed by atoms with Crippen LogP contribution < -0.4 is 10.6 Å². The molecule has 0 fully saturated rings. The molecule has 1 atom stereocenters. The first-order valence-electron chi connectivity index (χ1n) is 6.84. The van der Waals surface area contributed by atoms with E-state index in [4.69, 9.17) is 5.26 Å². The highest BCUT2D eigenvalue weighted by molar-refractivity contribution is 6.04. The molecule has 1 aromatic rings. The molecule has 11 heteroatoms. The summed E-state index contributed by atoms with van der Waals surface area (Å²) in [6.07, 6.45) is -10.2. The van der Waals surface area contributed by atoms with E-state index in [1.807, 2.05) is 5.32 Å². The summed E-state index contributed by atoms with van der Waals surface area (Å²) in [4.78, 5) is 24.1. The molecule has 0 aromatic heterocycles. The first kappa shape index (κ1) is 19.3. The highest BCUT2D eigenvalue weighted by atomic mass is 19.4. The SMILES string of the molecule is CC1=C(C#N)C(NC(=O)c2cccc(C(F)(F)F)c2)(C(F)(F)F)C(=O)N1. The lowest BCUT2D eigenvalue weighted by atomic mass is 9.89. The van der Waals surface area contributed by atoms with Crippen molar-refractivity contribution in [1.29, 1.82) is 5.26 Å². The number of nitrogens with one attached hydrogen (secondary N) is 2. The minimum absolute atomic E-state index is 0.342. The lowest BCUT2D eigenvalue weighted by molar-refractivity contribution is -0.185. The highest BCUT2D eigenvalue weighted by Crippen LogP contribution is 2.41. The monoisotopic (exact) mass is 377 g/mol. The van der Waals surface area contributed by atoms with Gasteiger partial charge in [0.2, 0.25) is 0 Å². The highest BCUT2D eigenvalue weighted by Gasteiger charge is 2.67. The molecule has 2 N–H and O–H groups in total. The molecule has 1 heterocycles. The Labute approximate surface area is 142 Å². The molecule has 0 aliphatic carbocycles. The Bertz CT molecular complexity index is 850. The predicted molar refractivity (Wildman–Crippen MR) is 74.2 cm³/mol. The molecule has 0 saturated carbocycles. The lowest BCUT2D eigenvalue weighted by Gasteiger charge is -2.30. The number of hydrogen-bond acceptors (Lipinski definition) is 3. The van der Waals surface area contributed by atoms with E-state index >= 15 is 0 Å². The molecule has 1 unspecified atom stereocenters. The van der Waals surface area contributed by atoms with Gasteiger partial charge in [-0.3, -0.25) is 9.59 Å². The summed E-state index contributed by atoms with van der Waals surface area (Å²) in [5.41, 5.74) is -7.20. The quantitative estimate of drug-likeness (QED) is 0.778. The number of carbonyl (C=O) groups is 2. The van der Waals surface area contributed by atoms with Crippen LogP contribution in [0.15, 0.2) is 35.5 Å². The van der Waals surface area contributed by atoms with Crippen LogP contribution >= 0.6 is 0 Å². The fraction of sp³-hybridized carbons (Fsp3) is 0.267. The van der Waals surface area contributed by atoms with Crippen LogP contribution in [0.4, 0.5) is 26.3 Å². The third kappa shape index (κ3) is 2.98. The van der Waals surface area contributed by atoms with E-state index in [1.165, 1.54) is 11.4 Å². The number of halogens is 6. The predicted octanol–water partition coefficient (Wildman–Crippen LogP) is 2.66. The van der Waals surface area contributed by atoms with Crippen LogP contribution in [0.2, 0.25) is 0 Å². The van der Waals surface area contributed by atoms with Gasteiger partial charge in [0.15, 0.2) is 0 Å². The van der Waals surface area contributed by atoms with Crippen LogP contribution in [-0.4, -0.2) is 23.5 Å². The summed E-state index contributed by atoms with van der Waals surface area (Å²) in [6.45, 7) is 1.03. The van der Waals surface area contributed by atoms with E-state index < -0.39 is 52.1 Å². The summed E-state index contributed by atoms with van der Waals surface area (Å²) >= 11 is 0. The molecule has 1 aromatic carbocycles. The number of nitriles is 1. The smallest absolute Gasteiger partial charge is 0.326 e. The zero-order chi connectivity index (χ0) is 19.9. The van der Waals surface area contributed by atoms with Gasteiger partial charge in [0.1, 0.15) is 0 Å². The first-order chi connectivity index (χ1) is 11.8. The Balaban J connectivity index is 2.51. The third-order valence-corrected chi connectivity index (χ3v) is 3.68. The molecule has 0 bridgehead atoms. The topological polar surface area (TPSA) is 82.0 Å². The molecular weight excluding hydrogens is 368 g/mol. The minimum Gasteiger partial charge on any atom is -0.326 e. The van der Waals surface area contributed by atoms with Crippen molar-refractivity contribution in [2.75, 3.05) is 0 Å². The number of amides is 2. The van der Waals surface area contributed by atoms with Gasteiger partial charge < -0.3 is 10.6 Å². The van der Waals surface area contributed by atoms with Crippen molar-refractivity contribution in [2.45, 2.75) is 24.8 Å². The fourth-order valence-corrected chi connectivity index (χ4v) is 2.43. The van der Waals surface area contributed by atoms with Gasteiger partial charge in [-0.05, 0) is 25.1 Å². The van der Waals surface area contributed by atoms with E-state index in [0.29, 0.717) is 12.1 Å². The number of allylic oxidation sites excluding steroid dienone is 1. The largest absolute Gasteiger partial charge is 0.425 e. The third-order valence-electron chi connectivity index (χ3n) is 3.68. The van der Waals surface area contributed by atoms with E-state index in [9.17, 15) is 35.9 Å². The van der Waals surface area contributed by atoms with E-state index in [0.717, 1.165) is 19.1 Å². The minimum atomic E-state index is -5.41. The fourth-order valence-electron chi connectivity index (χ4n) is 2.43. The zero-order valence-electron chi connectivity index (χ0n) is 12.8. The first-order valence-corrected chi connectivity index (χ1v) is 6.84. The maximum Gasteiger partial charge on any atom is 0.425 e. The van der Waals surface area contributed by atoms with Gasteiger partial charge in [-0.25, -0.2) is 0 Å². The van der Waals surface area contributed by atoms with Crippen molar-refractivity contribution in [3.05, 3.63) is 46.7 Å². The van der Waals surface area contributed by atoms with Gasteiger partial charge in [0.25, 0.3) is 17.4 Å². The van der Waals surface area contributed by atoms with Crippen molar-refractivity contribution in [3.63, 3.8) is 0 Å². The Hall–Kier alpha value is -3.03. The average molecular weight is 377 g/mol. The molecule has 1 aliphatic heterocycles. The molecule has 2 amide bonds. The maximum atomic E-state index is 13.6. The van der Waals surface area contributed by atoms with E-state index in [-0.39, 0.29) is 0 Å². The van der Waals surface area contributed by atoms with E-state index in [1.54, 1.807) is 0 Å². The number of hydrogen-bond donors (Lipinski definition) is 2. The molecule has 1 aliphatic rings. The van der Waals surface area contributed by atoms with Crippen LogP contribution in [-0.2, 0) is 11.0 Å². The van der Waals surface area contributed by atoms with Crippen LogP contribution in [0.25, 0.3) is 0 Å². The van der Waals surface area contributed by atoms with Gasteiger partial charge in [0, 0.05) is 11.3 Å². The second-order valence-corrected chi connectivity index (χ2v) is 5.35.